The van der Waals surface area contributed by atoms with Gasteiger partial charge in [0.1, 0.15) is 11.5 Å². The Labute approximate surface area is 225 Å². The summed E-state index contributed by atoms with van der Waals surface area (Å²) < 4.78 is 10.1. The highest BCUT2D eigenvalue weighted by atomic mass is 16.5. The molecule has 0 fully saturated rings. The number of benzene rings is 3. The number of hydrogen-bond donors (Lipinski definition) is 2. The standard InChI is InChI=1S/C30H26N4O5/c1-38-29(36)26-25(20-12-7-4-8-13-20)23(18-31)28(32)34(27(26)30(37)39-2)22-15-9-14-21(17-22)33-24(35)16-19-10-5-3-6-11-19/h3-15,17,25H,16,32H2,1-2H3,(H,33,35). The molecule has 3 aromatic carbocycles. The molecule has 0 radical (unpaired) electrons. The maximum atomic E-state index is 13.2. The molecule has 0 aliphatic carbocycles. The lowest BCUT2D eigenvalue weighted by atomic mass is 9.81. The van der Waals surface area contributed by atoms with Crippen molar-refractivity contribution < 1.29 is 23.9 Å². The molecule has 0 saturated carbocycles. The average molecular weight is 523 g/mol. The van der Waals surface area contributed by atoms with Crippen LogP contribution in [0.15, 0.2) is 108 Å². The van der Waals surface area contributed by atoms with E-state index < -0.39 is 17.9 Å². The van der Waals surface area contributed by atoms with E-state index in [0.29, 0.717) is 16.9 Å². The lowest BCUT2D eigenvalue weighted by molar-refractivity contribution is -0.139. The number of amides is 1. The molecule has 4 rings (SSSR count). The number of methoxy groups -OCH3 is 2. The van der Waals surface area contributed by atoms with Crippen LogP contribution in [0.1, 0.15) is 17.0 Å². The number of esters is 2. The molecule has 1 unspecified atom stereocenters. The third-order valence-corrected chi connectivity index (χ3v) is 6.21. The first kappa shape index (κ1) is 26.7. The largest absolute Gasteiger partial charge is 0.466 e. The second kappa shape index (κ2) is 11.8. The maximum Gasteiger partial charge on any atom is 0.355 e. The first-order chi connectivity index (χ1) is 18.9. The molecule has 0 saturated heterocycles. The van der Waals surface area contributed by atoms with Crippen LogP contribution in [-0.4, -0.2) is 32.1 Å². The highest BCUT2D eigenvalue weighted by Crippen LogP contribution is 2.43. The fourth-order valence-electron chi connectivity index (χ4n) is 4.49. The molecule has 1 atom stereocenters. The molecule has 1 aliphatic heterocycles. The minimum Gasteiger partial charge on any atom is -0.466 e. The normalized spacial score (nSPS) is 14.9. The number of allylic oxidation sites excluding steroid dienone is 1. The highest BCUT2D eigenvalue weighted by Gasteiger charge is 2.43. The summed E-state index contributed by atoms with van der Waals surface area (Å²) in [7, 11) is 2.37. The van der Waals surface area contributed by atoms with Crippen LogP contribution in [0.3, 0.4) is 0 Å². The summed E-state index contributed by atoms with van der Waals surface area (Å²) in [6, 6.07) is 26.7. The Bertz CT molecular complexity index is 1510. The first-order valence-electron chi connectivity index (χ1n) is 12.0. The zero-order valence-electron chi connectivity index (χ0n) is 21.4. The van der Waals surface area contributed by atoms with Crippen LogP contribution in [0.25, 0.3) is 0 Å². The van der Waals surface area contributed by atoms with Crippen LogP contribution in [0.5, 0.6) is 0 Å². The van der Waals surface area contributed by atoms with Crippen molar-refractivity contribution in [1.29, 1.82) is 5.26 Å². The Kier molecular flexibility index (Phi) is 8.07. The van der Waals surface area contributed by atoms with E-state index in [0.717, 1.165) is 5.56 Å². The summed E-state index contributed by atoms with van der Waals surface area (Å²) in [6.07, 6.45) is 0.161. The minimum atomic E-state index is -0.970. The molecule has 0 bridgehead atoms. The van der Waals surface area contributed by atoms with E-state index in [1.807, 2.05) is 30.3 Å². The number of rotatable bonds is 7. The van der Waals surface area contributed by atoms with E-state index in [2.05, 4.69) is 11.4 Å². The zero-order valence-corrected chi connectivity index (χ0v) is 21.4. The van der Waals surface area contributed by atoms with Crippen LogP contribution in [-0.2, 0) is 30.3 Å². The van der Waals surface area contributed by atoms with Gasteiger partial charge in [-0.3, -0.25) is 9.69 Å². The minimum absolute atomic E-state index is 0.0489. The number of ether oxygens (including phenoxy) is 2. The maximum absolute atomic E-state index is 13.2. The van der Waals surface area contributed by atoms with Crippen molar-refractivity contribution in [2.24, 2.45) is 5.73 Å². The lowest BCUT2D eigenvalue weighted by Gasteiger charge is -2.36. The van der Waals surface area contributed by atoms with Crippen molar-refractivity contribution in [1.82, 2.24) is 0 Å². The number of carbonyl (C=O) groups excluding carboxylic acids is 3. The SMILES string of the molecule is COC(=O)C1=C(C(=O)OC)N(c2cccc(NC(=O)Cc3ccccc3)c2)C(N)=C(C#N)C1c1ccccc1. The van der Waals surface area contributed by atoms with E-state index in [1.165, 1.54) is 19.1 Å². The number of hydrogen-bond acceptors (Lipinski definition) is 8. The zero-order chi connectivity index (χ0) is 27.9. The molecule has 39 heavy (non-hydrogen) atoms. The van der Waals surface area contributed by atoms with Gasteiger partial charge in [-0.05, 0) is 29.3 Å². The van der Waals surface area contributed by atoms with Gasteiger partial charge in [-0.2, -0.15) is 5.26 Å². The Morgan fingerprint density at radius 2 is 1.56 bits per heavy atom. The smallest absolute Gasteiger partial charge is 0.355 e. The van der Waals surface area contributed by atoms with E-state index in [-0.39, 0.29) is 35.0 Å². The Hall–Kier alpha value is -5.36. The molecule has 9 heteroatoms. The fourth-order valence-corrected chi connectivity index (χ4v) is 4.49. The lowest BCUT2D eigenvalue weighted by Crippen LogP contribution is -2.40. The van der Waals surface area contributed by atoms with E-state index >= 15 is 0 Å². The molecule has 0 spiro atoms. The second-order valence-electron chi connectivity index (χ2n) is 8.60. The van der Waals surface area contributed by atoms with Gasteiger partial charge >= 0.3 is 11.9 Å². The summed E-state index contributed by atoms with van der Waals surface area (Å²) in [5.74, 6) is -2.95. The number of carbonyl (C=O) groups is 3. The summed E-state index contributed by atoms with van der Waals surface area (Å²) >= 11 is 0. The van der Waals surface area contributed by atoms with Crippen LogP contribution < -0.4 is 16.0 Å². The van der Waals surface area contributed by atoms with Gasteiger partial charge < -0.3 is 20.5 Å². The van der Waals surface area contributed by atoms with E-state index in [4.69, 9.17) is 15.2 Å². The third kappa shape index (κ3) is 5.50. The van der Waals surface area contributed by atoms with Crippen molar-refractivity contribution >= 4 is 29.2 Å². The fraction of sp³-hybridized carbons (Fsp3) is 0.133. The van der Waals surface area contributed by atoms with Gasteiger partial charge in [0.25, 0.3) is 0 Å². The van der Waals surface area contributed by atoms with Gasteiger partial charge in [0.2, 0.25) is 5.91 Å². The van der Waals surface area contributed by atoms with Gasteiger partial charge in [-0.25, -0.2) is 9.59 Å². The molecule has 9 nitrogen and oxygen atoms in total. The summed E-state index contributed by atoms with van der Waals surface area (Å²) in [4.78, 5) is 40.3. The van der Waals surface area contributed by atoms with Crippen molar-refractivity contribution in [2.45, 2.75) is 12.3 Å². The highest BCUT2D eigenvalue weighted by molar-refractivity contribution is 6.06. The van der Waals surface area contributed by atoms with Gasteiger partial charge in [0, 0.05) is 11.4 Å². The van der Waals surface area contributed by atoms with E-state index in [1.54, 1.807) is 54.6 Å². The molecule has 0 aromatic heterocycles. The monoisotopic (exact) mass is 522 g/mol. The van der Waals surface area contributed by atoms with Gasteiger partial charge in [0.05, 0.1) is 43.8 Å². The van der Waals surface area contributed by atoms with Crippen LogP contribution in [0.4, 0.5) is 11.4 Å². The number of anilines is 2. The van der Waals surface area contributed by atoms with Crippen molar-refractivity contribution in [2.75, 3.05) is 24.4 Å². The summed E-state index contributed by atoms with van der Waals surface area (Å²) in [6.45, 7) is 0. The summed E-state index contributed by atoms with van der Waals surface area (Å²) in [5, 5.41) is 13.0. The topological polar surface area (TPSA) is 135 Å². The van der Waals surface area contributed by atoms with Crippen LogP contribution in [0.2, 0.25) is 0 Å². The molecule has 1 amide bonds. The first-order valence-corrected chi connectivity index (χ1v) is 12.0. The Balaban J connectivity index is 1.83. The predicted octanol–water partition coefficient (Wildman–Crippen LogP) is 3.77. The second-order valence-corrected chi connectivity index (χ2v) is 8.60. The summed E-state index contributed by atoms with van der Waals surface area (Å²) in [5.41, 5.74) is 8.46. The molecule has 196 valence electrons. The number of nitrogens with one attached hydrogen (secondary N) is 1. The number of nitrogens with two attached hydrogens (primary N) is 1. The quantitative estimate of drug-likeness (QED) is 0.448. The molecule has 3 aromatic rings. The molecular weight excluding hydrogens is 496 g/mol. The predicted molar refractivity (Wildman–Crippen MR) is 145 cm³/mol. The molecule has 1 aliphatic rings. The number of nitrogens with zero attached hydrogens (tertiary/aromatic N) is 2. The molecular formula is C30H26N4O5. The van der Waals surface area contributed by atoms with E-state index in [9.17, 15) is 19.6 Å². The molecule has 1 heterocycles. The average Bonchev–Trinajstić information content (AvgIpc) is 2.96. The van der Waals surface area contributed by atoms with Gasteiger partial charge in [-0.1, -0.05) is 66.7 Å². The third-order valence-electron chi connectivity index (χ3n) is 6.21. The van der Waals surface area contributed by atoms with Gasteiger partial charge in [0.15, 0.2) is 0 Å². The van der Waals surface area contributed by atoms with Crippen molar-refractivity contribution in [3.8, 4) is 6.07 Å². The van der Waals surface area contributed by atoms with Gasteiger partial charge in [-0.15, -0.1) is 0 Å². The van der Waals surface area contributed by atoms with Crippen LogP contribution in [0, 0.1) is 11.3 Å². The van der Waals surface area contributed by atoms with Crippen molar-refractivity contribution in [3.63, 3.8) is 0 Å². The number of nitriles is 1. The van der Waals surface area contributed by atoms with Crippen molar-refractivity contribution in [3.05, 3.63) is 119 Å². The van der Waals surface area contributed by atoms with Crippen LogP contribution >= 0.6 is 0 Å². The Morgan fingerprint density at radius 3 is 2.18 bits per heavy atom. The molecule has 3 N–H and O–H groups in total. The Morgan fingerprint density at radius 1 is 0.923 bits per heavy atom.